The summed E-state index contributed by atoms with van der Waals surface area (Å²) in [4.78, 5) is 19.8. The van der Waals surface area contributed by atoms with E-state index in [-0.39, 0.29) is 30.4 Å². The monoisotopic (exact) mass is 381 g/mol. The number of benzene rings is 1. The van der Waals surface area contributed by atoms with E-state index < -0.39 is 6.10 Å². The van der Waals surface area contributed by atoms with Crippen molar-refractivity contribution in [2.75, 3.05) is 13.6 Å². The fraction of sp³-hybridized carbons (Fsp3) is 0.444. The minimum absolute atomic E-state index is 0. The molecular weight excluding hydrogens is 358 g/mol. The number of nitrogens with one attached hydrogen (secondary N) is 1. The van der Waals surface area contributed by atoms with Crippen molar-refractivity contribution in [2.45, 2.75) is 38.5 Å². The number of amides is 1. The molecule has 0 aliphatic carbocycles. The predicted molar refractivity (Wildman–Crippen MR) is 103 cm³/mol. The van der Waals surface area contributed by atoms with Crippen LogP contribution in [0.15, 0.2) is 29.8 Å². The summed E-state index contributed by atoms with van der Waals surface area (Å²) in [6.45, 7) is 4.52. The van der Waals surface area contributed by atoms with E-state index in [4.69, 9.17) is 0 Å². The van der Waals surface area contributed by atoms with Gasteiger partial charge in [-0.1, -0.05) is 24.3 Å². The Morgan fingerprint density at radius 2 is 2.08 bits per heavy atom. The van der Waals surface area contributed by atoms with Crippen LogP contribution in [0.1, 0.15) is 30.6 Å². The zero-order valence-electron chi connectivity index (χ0n) is 14.6. The molecule has 0 saturated carbocycles. The number of β-amino-alcohol motifs (C(OH)–C–C–N with tert-alkyl or cyclic N) is 1. The van der Waals surface area contributed by atoms with E-state index in [9.17, 15) is 9.90 Å². The molecule has 1 fully saturated rings. The minimum Gasteiger partial charge on any atom is -0.392 e. The summed E-state index contributed by atoms with van der Waals surface area (Å²) in [6.07, 6.45) is 0.0593. The number of hydrogen-bond donors (Lipinski definition) is 2. The zero-order valence-corrected chi connectivity index (χ0v) is 16.2. The number of thiazole rings is 1. The third-order valence-corrected chi connectivity index (χ3v) is 5.71. The van der Waals surface area contributed by atoms with Gasteiger partial charge in [0.05, 0.1) is 34.3 Å². The van der Waals surface area contributed by atoms with Gasteiger partial charge in [-0.2, -0.15) is 0 Å². The van der Waals surface area contributed by atoms with Crippen LogP contribution in [0.4, 0.5) is 0 Å². The molecule has 3 rings (SSSR count). The van der Waals surface area contributed by atoms with Gasteiger partial charge in [-0.15, -0.1) is 23.7 Å². The molecule has 1 aliphatic heterocycles. The molecule has 2 aromatic rings. The highest BCUT2D eigenvalue weighted by Crippen LogP contribution is 2.29. The smallest absolute Gasteiger partial charge is 0.240 e. The molecule has 25 heavy (non-hydrogen) atoms. The molecule has 0 unspecified atom stereocenters. The van der Waals surface area contributed by atoms with Gasteiger partial charge < -0.3 is 15.3 Å². The van der Waals surface area contributed by atoms with Gasteiger partial charge in [0.25, 0.3) is 0 Å². The lowest BCUT2D eigenvalue weighted by molar-refractivity contribution is -0.133. The summed E-state index contributed by atoms with van der Waals surface area (Å²) in [5.41, 5.74) is 5.14. The Morgan fingerprint density at radius 3 is 2.60 bits per heavy atom. The van der Waals surface area contributed by atoms with E-state index in [1.807, 2.05) is 26.4 Å². The number of aliphatic hydroxyl groups is 1. The van der Waals surface area contributed by atoms with Gasteiger partial charge in [-0.3, -0.25) is 4.79 Å². The maximum absolute atomic E-state index is 12.5. The molecule has 7 heteroatoms. The average molecular weight is 382 g/mol. The van der Waals surface area contributed by atoms with Gasteiger partial charge in [0.2, 0.25) is 5.91 Å². The van der Waals surface area contributed by atoms with E-state index in [2.05, 4.69) is 34.6 Å². The van der Waals surface area contributed by atoms with Crippen molar-refractivity contribution >= 4 is 29.7 Å². The summed E-state index contributed by atoms with van der Waals surface area (Å²) in [5, 5.41) is 12.7. The maximum Gasteiger partial charge on any atom is 0.240 e. The summed E-state index contributed by atoms with van der Waals surface area (Å²) >= 11 is 1.64. The Hall–Kier alpha value is -1.47. The molecule has 1 aromatic carbocycles. The fourth-order valence-electron chi connectivity index (χ4n) is 3.06. The highest BCUT2D eigenvalue weighted by atomic mass is 35.5. The van der Waals surface area contributed by atoms with Crippen molar-refractivity contribution in [2.24, 2.45) is 0 Å². The number of aromatic nitrogens is 1. The summed E-state index contributed by atoms with van der Waals surface area (Å²) in [5.74, 6) is 0.0291. The van der Waals surface area contributed by atoms with Gasteiger partial charge >= 0.3 is 0 Å². The molecule has 136 valence electrons. The molecule has 0 radical (unpaired) electrons. The van der Waals surface area contributed by atoms with Crippen molar-refractivity contribution in [3.8, 4) is 10.4 Å². The largest absolute Gasteiger partial charge is 0.392 e. The number of carbonyl (C=O) groups is 1. The normalized spacial score (nSPS) is 20.8. The summed E-state index contributed by atoms with van der Waals surface area (Å²) in [6, 6.07) is 8.00. The summed E-state index contributed by atoms with van der Waals surface area (Å²) in [7, 11) is 1.82. The van der Waals surface area contributed by atoms with Gasteiger partial charge in [0.1, 0.15) is 0 Å². The lowest BCUT2D eigenvalue weighted by Gasteiger charge is -2.28. The lowest BCUT2D eigenvalue weighted by atomic mass is 10.0. The van der Waals surface area contributed by atoms with Crippen LogP contribution in [0.5, 0.6) is 0 Å². The quantitative estimate of drug-likeness (QED) is 0.854. The maximum atomic E-state index is 12.5. The molecule has 1 aromatic heterocycles. The van der Waals surface area contributed by atoms with E-state index in [0.717, 1.165) is 16.8 Å². The molecular formula is C18H24ClN3O2S. The van der Waals surface area contributed by atoms with Crippen molar-refractivity contribution in [1.29, 1.82) is 0 Å². The van der Waals surface area contributed by atoms with Crippen LogP contribution >= 0.6 is 23.7 Å². The fourth-order valence-corrected chi connectivity index (χ4v) is 3.87. The minimum atomic E-state index is -0.426. The van der Waals surface area contributed by atoms with Crippen molar-refractivity contribution < 1.29 is 9.90 Å². The van der Waals surface area contributed by atoms with Crippen LogP contribution < -0.4 is 5.32 Å². The zero-order chi connectivity index (χ0) is 17.3. The van der Waals surface area contributed by atoms with E-state index in [0.29, 0.717) is 13.0 Å². The number of aliphatic hydroxyl groups excluding tert-OH is 1. The number of likely N-dealkylation sites (N-methyl/N-ethyl adjacent to an activating group) is 1. The third-order valence-electron chi connectivity index (χ3n) is 4.74. The van der Waals surface area contributed by atoms with Gasteiger partial charge in [-0.25, -0.2) is 4.98 Å². The first-order valence-corrected chi connectivity index (χ1v) is 9.04. The first-order valence-electron chi connectivity index (χ1n) is 8.16. The Kier molecular flexibility index (Phi) is 6.57. The third kappa shape index (κ3) is 4.20. The molecule has 2 N–H and O–H groups in total. The molecule has 0 spiro atoms. The highest BCUT2D eigenvalue weighted by Gasteiger charge is 2.31. The van der Waals surface area contributed by atoms with Crippen LogP contribution in [-0.4, -0.2) is 46.6 Å². The lowest BCUT2D eigenvalue weighted by Crippen LogP contribution is -2.42. The van der Waals surface area contributed by atoms with Crippen LogP contribution in [0.25, 0.3) is 10.4 Å². The molecule has 1 saturated heterocycles. The number of nitrogens with zero attached hydrogens (tertiary/aromatic N) is 2. The van der Waals surface area contributed by atoms with Crippen LogP contribution in [-0.2, 0) is 4.79 Å². The Balaban J connectivity index is 0.00000225. The Bertz CT molecular complexity index is 719. The van der Waals surface area contributed by atoms with Crippen molar-refractivity contribution in [3.05, 3.63) is 41.0 Å². The molecule has 2 heterocycles. The first-order chi connectivity index (χ1) is 11.5. The SMILES string of the molecule is Cc1ncsc1-c1ccc([C@H](C)N(C)C(=O)[C@@H]2C[C@@H](O)CN2)cc1.Cl. The average Bonchev–Trinajstić information content (AvgIpc) is 3.21. The highest BCUT2D eigenvalue weighted by molar-refractivity contribution is 7.13. The van der Waals surface area contributed by atoms with Gasteiger partial charge in [-0.05, 0) is 31.4 Å². The van der Waals surface area contributed by atoms with Crippen LogP contribution in [0, 0.1) is 6.92 Å². The predicted octanol–water partition coefficient (Wildman–Crippen LogP) is 2.78. The van der Waals surface area contributed by atoms with Crippen molar-refractivity contribution in [3.63, 3.8) is 0 Å². The second kappa shape index (κ2) is 8.27. The molecule has 3 atom stereocenters. The van der Waals surface area contributed by atoms with Crippen LogP contribution in [0.3, 0.4) is 0 Å². The molecule has 0 bridgehead atoms. The topological polar surface area (TPSA) is 65.5 Å². The van der Waals surface area contributed by atoms with E-state index >= 15 is 0 Å². The Morgan fingerprint density at radius 1 is 1.40 bits per heavy atom. The standard InChI is InChI=1S/C18H23N3O2S.ClH/c1-11-17(24-10-20-11)14-6-4-13(5-7-14)12(2)21(3)18(23)16-8-15(22)9-19-16;/h4-7,10,12,15-16,19,22H,8-9H2,1-3H3;1H/t12-,15+,16-;/m0./s1. The van der Waals surface area contributed by atoms with Crippen molar-refractivity contribution in [1.82, 2.24) is 15.2 Å². The van der Waals surface area contributed by atoms with E-state index in [1.165, 1.54) is 4.88 Å². The van der Waals surface area contributed by atoms with Crippen LogP contribution in [0.2, 0.25) is 0 Å². The second-order valence-corrected chi connectivity index (χ2v) is 7.22. The number of rotatable bonds is 4. The Labute approximate surface area is 158 Å². The number of halogens is 1. The first kappa shape index (κ1) is 19.8. The molecule has 5 nitrogen and oxygen atoms in total. The summed E-state index contributed by atoms with van der Waals surface area (Å²) < 4.78 is 0. The number of carbonyl (C=O) groups excluding carboxylic acids is 1. The number of hydrogen-bond acceptors (Lipinski definition) is 5. The molecule has 1 amide bonds. The van der Waals surface area contributed by atoms with E-state index in [1.54, 1.807) is 16.2 Å². The molecule has 1 aliphatic rings. The van der Waals surface area contributed by atoms with Gasteiger partial charge in [0, 0.05) is 13.6 Å². The second-order valence-electron chi connectivity index (χ2n) is 6.36. The van der Waals surface area contributed by atoms with Gasteiger partial charge in [0.15, 0.2) is 0 Å². The number of aryl methyl sites for hydroxylation is 1.